The van der Waals surface area contributed by atoms with E-state index >= 15 is 0 Å². The van der Waals surface area contributed by atoms with Gasteiger partial charge in [-0.25, -0.2) is 8.42 Å². The van der Waals surface area contributed by atoms with Crippen LogP contribution in [-0.4, -0.2) is 68.9 Å². The molecule has 0 amide bonds. The molecule has 0 saturated carbocycles. The van der Waals surface area contributed by atoms with Crippen LogP contribution in [-0.2, 0) is 14.6 Å². The maximum Gasteiger partial charge on any atom is 0.147 e. The third kappa shape index (κ3) is 6.13. The molecule has 0 spiro atoms. The molecule has 0 aromatic carbocycles. The van der Waals surface area contributed by atoms with Gasteiger partial charge in [0.25, 0.3) is 0 Å². The number of rotatable bonds is 7. The van der Waals surface area contributed by atoms with E-state index in [1.807, 2.05) is 0 Å². The summed E-state index contributed by atoms with van der Waals surface area (Å²) in [5.74, 6) is 0.134. The molecule has 2 atom stereocenters. The monoisotopic (exact) mass is 279 g/mol. The second-order valence-corrected chi connectivity index (χ2v) is 7.31. The molecule has 0 bridgehead atoms. The number of hydrogen-bond donors (Lipinski definition) is 1. The molecule has 1 fully saturated rings. The van der Waals surface area contributed by atoms with Crippen LogP contribution in [0, 0.1) is 0 Å². The van der Waals surface area contributed by atoms with Crippen LogP contribution in [0.4, 0.5) is 0 Å². The molecule has 0 aromatic rings. The Labute approximate surface area is 110 Å². The Balaban J connectivity index is 2.30. The molecule has 1 heterocycles. The molecular formula is C12H25NO4S. The van der Waals surface area contributed by atoms with Crippen LogP contribution in [0.15, 0.2) is 0 Å². The smallest absolute Gasteiger partial charge is 0.147 e. The highest BCUT2D eigenvalue weighted by atomic mass is 32.2. The number of hydrogen-bond acceptors (Lipinski definition) is 5. The highest BCUT2D eigenvalue weighted by Gasteiger charge is 2.26. The van der Waals surface area contributed by atoms with Gasteiger partial charge in [0.15, 0.2) is 0 Å². The maximum absolute atomic E-state index is 11.0. The third-order valence-corrected chi connectivity index (χ3v) is 4.19. The molecule has 1 N–H and O–H groups in total. The van der Waals surface area contributed by atoms with Crippen molar-refractivity contribution in [1.82, 2.24) is 4.90 Å². The van der Waals surface area contributed by atoms with Gasteiger partial charge in [-0.3, -0.25) is 4.90 Å². The van der Waals surface area contributed by atoms with Crippen molar-refractivity contribution in [2.45, 2.75) is 38.4 Å². The Morgan fingerprint density at radius 3 is 2.83 bits per heavy atom. The lowest BCUT2D eigenvalue weighted by molar-refractivity contribution is -0.0902. The molecule has 1 rings (SSSR count). The minimum absolute atomic E-state index is 0.134. The van der Waals surface area contributed by atoms with E-state index in [0.717, 1.165) is 26.1 Å². The summed E-state index contributed by atoms with van der Waals surface area (Å²) >= 11 is 0. The summed E-state index contributed by atoms with van der Waals surface area (Å²) in [6, 6.07) is 0. The second-order valence-electron chi connectivity index (χ2n) is 5.05. The number of nitrogens with zero attached hydrogens (tertiary/aromatic N) is 1. The highest BCUT2D eigenvalue weighted by Crippen LogP contribution is 2.13. The quantitative estimate of drug-likeness (QED) is 0.725. The highest BCUT2D eigenvalue weighted by molar-refractivity contribution is 7.90. The Morgan fingerprint density at radius 1 is 1.50 bits per heavy atom. The lowest BCUT2D eigenvalue weighted by Crippen LogP contribution is -2.47. The summed E-state index contributed by atoms with van der Waals surface area (Å²) in [6.45, 7) is 5.46. The van der Waals surface area contributed by atoms with E-state index in [-0.39, 0.29) is 11.9 Å². The van der Waals surface area contributed by atoms with Gasteiger partial charge in [0, 0.05) is 25.1 Å². The summed E-state index contributed by atoms with van der Waals surface area (Å²) in [7, 11) is -2.93. The van der Waals surface area contributed by atoms with E-state index in [2.05, 4.69) is 11.8 Å². The van der Waals surface area contributed by atoms with Crippen molar-refractivity contribution in [1.29, 1.82) is 0 Å². The number of aliphatic hydroxyl groups excluding tert-OH is 1. The van der Waals surface area contributed by atoms with E-state index in [1.54, 1.807) is 0 Å². The van der Waals surface area contributed by atoms with Gasteiger partial charge in [0.1, 0.15) is 9.84 Å². The molecule has 2 unspecified atom stereocenters. The summed E-state index contributed by atoms with van der Waals surface area (Å²) in [6.07, 6.45) is 2.55. The fraction of sp³-hybridized carbons (Fsp3) is 1.00. The molecule has 18 heavy (non-hydrogen) atoms. The average molecular weight is 279 g/mol. The first-order chi connectivity index (χ1) is 8.42. The first kappa shape index (κ1) is 15.9. The summed E-state index contributed by atoms with van der Waals surface area (Å²) < 4.78 is 27.6. The predicted molar refractivity (Wildman–Crippen MR) is 71.4 cm³/mol. The Bertz CT molecular complexity index is 329. The van der Waals surface area contributed by atoms with Crippen molar-refractivity contribution in [3.05, 3.63) is 0 Å². The molecule has 108 valence electrons. The molecule has 5 nitrogen and oxygen atoms in total. The summed E-state index contributed by atoms with van der Waals surface area (Å²) in [5.41, 5.74) is 0. The topological polar surface area (TPSA) is 66.8 Å². The summed E-state index contributed by atoms with van der Waals surface area (Å²) in [4.78, 5) is 2.29. The molecule has 0 radical (unpaired) electrons. The number of ether oxygens (including phenoxy) is 1. The van der Waals surface area contributed by atoms with Gasteiger partial charge in [-0.15, -0.1) is 0 Å². The number of morpholine rings is 1. The van der Waals surface area contributed by atoms with Crippen molar-refractivity contribution in [2.75, 3.05) is 38.2 Å². The van der Waals surface area contributed by atoms with Crippen molar-refractivity contribution >= 4 is 9.84 Å². The molecule has 6 heteroatoms. The Morgan fingerprint density at radius 2 is 2.22 bits per heavy atom. The molecule has 0 aromatic heterocycles. The van der Waals surface area contributed by atoms with Gasteiger partial charge < -0.3 is 9.84 Å². The maximum atomic E-state index is 11.0. The van der Waals surface area contributed by atoms with Gasteiger partial charge in [0.2, 0.25) is 0 Å². The minimum Gasteiger partial charge on any atom is -0.390 e. The van der Waals surface area contributed by atoms with Gasteiger partial charge >= 0.3 is 0 Å². The van der Waals surface area contributed by atoms with Gasteiger partial charge in [-0.2, -0.15) is 0 Å². The van der Waals surface area contributed by atoms with Crippen LogP contribution in [0.25, 0.3) is 0 Å². The fourth-order valence-corrected chi connectivity index (χ4v) is 2.92. The van der Waals surface area contributed by atoms with E-state index in [9.17, 15) is 13.5 Å². The molecular weight excluding hydrogens is 254 g/mol. The predicted octanol–water partition coefficient (Wildman–Crippen LogP) is 0.283. The minimum atomic E-state index is -2.93. The largest absolute Gasteiger partial charge is 0.390 e. The van der Waals surface area contributed by atoms with Gasteiger partial charge in [-0.05, 0) is 25.8 Å². The molecule has 1 aliphatic rings. The normalized spacial score (nSPS) is 24.1. The van der Waals surface area contributed by atoms with Crippen LogP contribution >= 0.6 is 0 Å². The van der Waals surface area contributed by atoms with Crippen LogP contribution in [0.1, 0.15) is 26.2 Å². The van der Waals surface area contributed by atoms with Crippen molar-refractivity contribution in [3.8, 4) is 0 Å². The van der Waals surface area contributed by atoms with Crippen LogP contribution in [0.5, 0.6) is 0 Å². The third-order valence-electron chi connectivity index (χ3n) is 3.16. The molecule has 1 aliphatic heterocycles. The van der Waals surface area contributed by atoms with Crippen molar-refractivity contribution in [3.63, 3.8) is 0 Å². The Kier molecular flexibility index (Phi) is 6.55. The van der Waals surface area contributed by atoms with Gasteiger partial charge in [-0.1, -0.05) is 6.92 Å². The first-order valence-electron chi connectivity index (χ1n) is 6.62. The Hall–Kier alpha value is -0.170. The van der Waals surface area contributed by atoms with Crippen LogP contribution in [0.2, 0.25) is 0 Å². The van der Waals surface area contributed by atoms with E-state index in [4.69, 9.17) is 4.74 Å². The summed E-state index contributed by atoms with van der Waals surface area (Å²) in [5, 5.41) is 10.0. The van der Waals surface area contributed by atoms with E-state index < -0.39 is 15.9 Å². The first-order valence-corrected chi connectivity index (χ1v) is 8.68. The van der Waals surface area contributed by atoms with E-state index in [1.165, 1.54) is 6.26 Å². The van der Waals surface area contributed by atoms with E-state index in [0.29, 0.717) is 19.4 Å². The van der Waals surface area contributed by atoms with Crippen LogP contribution < -0.4 is 0 Å². The van der Waals surface area contributed by atoms with Crippen molar-refractivity contribution < 1.29 is 18.3 Å². The lowest BCUT2D eigenvalue weighted by Gasteiger charge is -2.35. The lowest BCUT2D eigenvalue weighted by atomic mass is 10.1. The zero-order valence-electron chi connectivity index (χ0n) is 11.3. The molecule has 1 saturated heterocycles. The SMILES string of the molecule is CCCN1CCOC(C(O)CCCS(C)(=O)=O)C1. The van der Waals surface area contributed by atoms with Gasteiger partial charge in [0.05, 0.1) is 18.8 Å². The number of sulfone groups is 1. The average Bonchev–Trinajstić information content (AvgIpc) is 2.28. The standard InChI is InChI=1S/C12H25NO4S/c1-3-6-13-7-8-17-12(10-13)11(14)5-4-9-18(2,15)16/h11-12,14H,3-10H2,1-2H3. The zero-order valence-corrected chi connectivity index (χ0v) is 12.2. The molecule has 0 aliphatic carbocycles. The zero-order chi connectivity index (χ0) is 13.6. The fourth-order valence-electron chi connectivity index (χ4n) is 2.22. The van der Waals surface area contributed by atoms with Crippen molar-refractivity contribution in [2.24, 2.45) is 0 Å². The van der Waals surface area contributed by atoms with Crippen LogP contribution in [0.3, 0.4) is 0 Å². The second kappa shape index (κ2) is 7.43. The number of aliphatic hydroxyl groups is 1.